The van der Waals surface area contributed by atoms with Crippen molar-refractivity contribution in [1.29, 1.82) is 0 Å². The van der Waals surface area contributed by atoms with Crippen LogP contribution in [0.5, 0.6) is 0 Å². The van der Waals surface area contributed by atoms with Crippen molar-refractivity contribution in [1.82, 2.24) is 24.7 Å². The molecule has 2 aliphatic heterocycles. The summed E-state index contributed by atoms with van der Waals surface area (Å²) >= 11 is 0. The minimum Gasteiger partial charge on any atom is -0.447 e. The predicted octanol–water partition coefficient (Wildman–Crippen LogP) is 2.40. The number of likely N-dealkylation sites (tertiary alicyclic amines) is 1. The van der Waals surface area contributed by atoms with Crippen molar-refractivity contribution in [2.45, 2.75) is 45.3 Å². The molecule has 2 saturated heterocycles. The number of piperazine rings is 1. The van der Waals surface area contributed by atoms with Crippen LogP contribution < -0.4 is 0 Å². The third-order valence-corrected chi connectivity index (χ3v) is 5.81. The molecule has 0 radical (unpaired) electrons. The van der Waals surface area contributed by atoms with Crippen LogP contribution in [0.2, 0.25) is 0 Å². The van der Waals surface area contributed by atoms with E-state index in [2.05, 4.69) is 38.8 Å². The van der Waals surface area contributed by atoms with Crippen LogP contribution in [-0.4, -0.2) is 69.3 Å². The minimum absolute atomic E-state index is 0.00405. The zero-order valence-corrected chi connectivity index (χ0v) is 16.6. The number of nitrogens with zero attached hydrogens (tertiary/aromatic N) is 5. The standard InChI is InChI=1S/C21H29N5O2/c1-17-4-2-3-9-26(17)21(27)19-16-28-20(23-19)15-25-12-10-24(11-13-25)14-18-5-7-22-8-6-18/h5-8,16-17H,2-4,9-15H2,1H3. The highest BCUT2D eigenvalue weighted by molar-refractivity contribution is 5.92. The average Bonchev–Trinajstić information content (AvgIpc) is 3.19. The number of amides is 1. The van der Waals surface area contributed by atoms with Crippen LogP contribution in [0, 0.1) is 0 Å². The van der Waals surface area contributed by atoms with Gasteiger partial charge in [0.2, 0.25) is 5.89 Å². The van der Waals surface area contributed by atoms with Gasteiger partial charge in [-0.3, -0.25) is 19.6 Å². The predicted molar refractivity (Wildman–Crippen MR) is 106 cm³/mol. The zero-order chi connectivity index (χ0) is 19.3. The highest BCUT2D eigenvalue weighted by atomic mass is 16.3. The van der Waals surface area contributed by atoms with E-state index in [4.69, 9.17) is 4.42 Å². The highest BCUT2D eigenvalue weighted by Gasteiger charge is 2.27. The Morgan fingerprint density at radius 1 is 1.07 bits per heavy atom. The summed E-state index contributed by atoms with van der Waals surface area (Å²) in [7, 11) is 0. The molecule has 0 N–H and O–H groups in total. The van der Waals surface area contributed by atoms with Crippen LogP contribution in [-0.2, 0) is 13.1 Å². The topological polar surface area (TPSA) is 65.7 Å². The lowest BCUT2D eigenvalue weighted by Crippen LogP contribution is -2.45. The van der Waals surface area contributed by atoms with Crippen molar-refractivity contribution in [2.75, 3.05) is 32.7 Å². The summed E-state index contributed by atoms with van der Waals surface area (Å²) in [5.74, 6) is 0.639. The molecule has 28 heavy (non-hydrogen) atoms. The maximum absolute atomic E-state index is 12.7. The summed E-state index contributed by atoms with van der Waals surface area (Å²) in [5, 5.41) is 0. The first-order valence-electron chi connectivity index (χ1n) is 10.3. The summed E-state index contributed by atoms with van der Waals surface area (Å²) in [6, 6.07) is 4.43. The quantitative estimate of drug-likeness (QED) is 0.790. The number of carbonyl (C=O) groups is 1. The Bertz CT molecular complexity index is 770. The molecule has 7 nitrogen and oxygen atoms in total. The van der Waals surface area contributed by atoms with Crippen LogP contribution in [0.1, 0.15) is 48.1 Å². The lowest BCUT2D eigenvalue weighted by atomic mass is 10.0. The molecule has 0 aliphatic carbocycles. The highest BCUT2D eigenvalue weighted by Crippen LogP contribution is 2.19. The first kappa shape index (κ1) is 19.1. The van der Waals surface area contributed by atoms with Gasteiger partial charge in [0.15, 0.2) is 5.69 Å². The number of hydrogen-bond acceptors (Lipinski definition) is 6. The molecule has 0 spiro atoms. The van der Waals surface area contributed by atoms with Crippen molar-refractivity contribution in [3.63, 3.8) is 0 Å². The van der Waals surface area contributed by atoms with Gasteiger partial charge in [0, 0.05) is 57.7 Å². The molecule has 1 amide bonds. The number of oxazole rings is 1. The summed E-state index contributed by atoms with van der Waals surface area (Å²) < 4.78 is 5.62. The normalized spacial score (nSPS) is 21.8. The van der Waals surface area contributed by atoms with Gasteiger partial charge in [0.05, 0.1) is 6.54 Å². The second-order valence-corrected chi connectivity index (χ2v) is 7.88. The van der Waals surface area contributed by atoms with E-state index in [-0.39, 0.29) is 11.9 Å². The number of pyridine rings is 1. The van der Waals surface area contributed by atoms with Crippen LogP contribution >= 0.6 is 0 Å². The Kier molecular flexibility index (Phi) is 6.02. The van der Waals surface area contributed by atoms with Gasteiger partial charge in [-0.25, -0.2) is 4.98 Å². The Hall–Kier alpha value is -2.25. The number of hydrogen-bond donors (Lipinski definition) is 0. The summed E-state index contributed by atoms with van der Waals surface area (Å²) in [5.41, 5.74) is 1.74. The lowest BCUT2D eigenvalue weighted by Gasteiger charge is -2.34. The number of aromatic nitrogens is 2. The van der Waals surface area contributed by atoms with E-state index in [1.807, 2.05) is 17.3 Å². The molecule has 2 aliphatic rings. The maximum atomic E-state index is 12.7. The fourth-order valence-corrected chi connectivity index (χ4v) is 4.07. The van der Waals surface area contributed by atoms with Gasteiger partial charge < -0.3 is 9.32 Å². The first-order chi connectivity index (χ1) is 13.7. The van der Waals surface area contributed by atoms with Crippen LogP contribution in [0.4, 0.5) is 0 Å². The molecule has 2 aromatic rings. The number of piperidine rings is 1. The minimum atomic E-state index is 0.00405. The van der Waals surface area contributed by atoms with Gasteiger partial charge in [-0.2, -0.15) is 0 Å². The third-order valence-electron chi connectivity index (χ3n) is 5.81. The maximum Gasteiger partial charge on any atom is 0.276 e. The van der Waals surface area contributed by atoms with E-state index in [1.165, 1.54) is 18.2 Å². The van der Waals surface area contributed by atoms with E-state index >= 15 is 0 Å². The van der Waals surface area contributed by atoms with E-state index in [9.17, 15) is 4.79 Å². The molecular formula is C21H29N5O2. The summed E-state index contributed by atoms with van der Waals surface area (Å²) in [6.45, 7) is 8.53. The molecule has 4 rings (SSSR count). The van der Waals surface area contributed by atoms with Gasteiger partial charge in [0.1, 0.15) is 6.26 Å². The van der Waals surface area contributed by atoms with Crippen molar-refractivity contribution in [2.24, 2.45) is 0 Å². The molecule has 1 atom stereocenters. The second kappa shape index (κ2) is 8.84. The molecule has 0 bridgehead atoms. The van der Waals surface area contributed by atoms with Crippen molar-refractivity contribution >= 4 is 5.91 Å². The zero-order valence-electron chi connectivity index (χ0n) is 16.6. The molecule has 0 aromatic carbocycles. The van der Waals surface area contributed by atoms with Crippen LogP contribution in [0.25, 0.3) is 0 Å². The Morgan fingerprint density at radius 2 is 1.79 bits per heavy atom. The fraction of sp³-hybridized carbons (Fsp3) is 0.571. The smallest absolute Gasteiger partial charge is 0.276 e. The number of carbonyl (C=O) groups excluding carboxylic acids is 1. The van der Waals surface area contributed by atoms with E-state index in [1.54, 1.807) is 0 Å². The van der Waals surface area contributed by atoms with Crippen LogP contribution in [0.15, 0.2) is 35.2 Å². The van der Waals surface area contributed by atoms with Gasteiger partial charge in [-0.05, 0) is 43.9 Å². The molecule has 4 heterocycles. The van der Waals surface area contributed by atoms with Gasteiger partial charge >= 0.3 is 0 Å². The van der Waals surface area contributed by atoms with E-state index in [0.29, 0.717) is 18.1 Å². The summed E-state index contributed by atoms with van der Waals surface area (Å²) in [4.78, 5) is 28.0. The molecule has 0 saturated carbocycles. The number of rotatable bonds is 5. The fourth-order valence-electron chi connectivity index (χ4n) is 4.07. The SMILES string of the molecule is CC1CCCCN1C(=O)c1coc(CN2CCN(Cc3ccncc3)CC2)n1. The Balaban J connectivity index is 1.27. The molecular weight excluding hydrogens is 354 g/mol. The summed E-state index contributed by atoms with van der Waals surface area (Å²) in [6.07, 6.45) is 8.56. The van der Waals surface area contributed by atoms with E-state index in [0.717, 1.165) is 52.1 Å². The molecule has 7 heteroatoms. The van der Waals surface area contributed by atoms with Crippen molar-refractivity contribution in [3.8, 4) is 0 Å². The van der Waals surface area contributed by atoms with Gasteiger partial charge in [0.25, 0.3) is 5.91 Å². The van der Waals surface area contributed by atoms with Crippen molar-refractivity contribution in [3.05, 3.63) is 47.9 Å². The van der Waals surface area contributed by atoms with Crippen molar-refractivity contribution < 1.29 is 9.21 Å². The Labute approximate surface area is 166 Å². The molecule has 2 fully saturated rings. The molecule has 150 valence electrons. The monoisotopic (exact) mass is 383 g/mol. The lowest BCUT2D eigenvalue weighted by molar-refractivity contribution is 0.0629. The first-order valence-corrected chi connectivity index (χ1v) is 10.3. The van der Waals surface area contributed by atoms with Gasteiger partial charge in [-0.1, -0.05) is 0 Å². The Morgan fingerprint density at radius 3 is 2.50 bits per heavy atom. The van der Waals surface area contributed by atoms with Gasteiger partial charge in [-0.15, -0.1) is 0 Å². The average molecular weight is 383 g/mol. The molecule has 2 aromatic heterocycles. The largest absolute Gasteiger partial charge is 0.447 e. The van der Waals surface area contributed by atoms with Crippen LogP contribution in [0.3, 0.4) is 0 Å². The molecule has 1 unspecified atom stereocenters. The second-order valence-electron chi connectivity index (χ2n) is 7.88. The van der Waals surface area contributed by atoms with E-state index < -0.39 is 0 Å². The third kappa shape index (κ3) is 4.59.